The van der Waals surface area contributed by atoms with Gasteiger partial charge in [-0.2, -0.15) is 0 Å². The highest BCUT2D eigenvalue weighted by molar-refractivity contribution is 7.98. The van der Waals surface area contributed by atoms with Gasteiger partial charge in [0.1, 0.15) is 0 Å². The Kier molecular flexibility index (Phi) is 6.00. The van der Waals surface area contributed by atoms with Crippen LogP contribution in [0.5, 0.6) is 0 Å². The second-order valence-corrected chi connectivity index (χ2v) is 8.21. The molecule has 4 nitrogen and oxygen atoms in total. The summed E-state index contributed by atoms with van der Waals surface area (Å²) >= 11 is 1.63. The topological polar surface area (TPSA) is 50.3 Å². The Labute approximate surface area is 165 Å². The summed E-state index contributed by atoms with van der Waals surface area (Å²) in [5.41, 5.74) is 5.97. The first-order chi connectivity index (χ1) is 12.9. The van der Waals surface area contributed by atoms with E-state index in [0.717, 1.165) is 53.4 Å². The molecule has 0 unspecified atom stereocenters. The van der Waals surface area contributed by atoms with Crippen molar-refractivity contribution in [2.45, 2.75) is 51.3 Å². The number of rotatable bonds is 5. The van der Waals surface area contributed by atoms with E-state index in [1.54, 1.807) is 24.9 Å². The van der Waals surface area contributed by atoms with Crippen molar-refractivity contribution in [1.82, 2.24) is 9.88 Å². The Balaban J connectivity index is 1.73. The second-order valence-electron chi connectivity index (χ2n) is 7.22. The van der Waals surface area contributed by atoms with E-state index in [-0.39, 0.29) is 11.7 Å². The third-order valence-corrected chi connectivity index (χ3v) is 6.19. The summed E-state index contributed by atoms with van der Waals surface area (Å²) < 4.78 is 0. The number of thioether (sulfide) groups is 1. The van der Waals surface area contributed by atoms with Gasteiger partial charge in [-0.1, -0.05) is 6.07 Å². The molecule has 3 rings (SSSR count). The predicted octanol–water partition coefficient (Wildman–Crippen LogP) is 4.74. The minimum atomic E-state index is 0.0767. The highest BCUT2D eigenvalue weighted by Crippen LogP contribution is 2.29. The lowest BCUT2D eigenvalue weighted by Crippen LogP contribution is -2.27. The molecule has 0 aliphatic carbocycles. The molecule has 1 fully saturated rings. The van der Waals surface area contributed by atoms with Crippen molar-refractivity contribution in [3.63, 3.8) is 0 Å². The predicted molar refractivity (Wildman–Crippen MR) is 110 cm³/mol. The molecule has 142 valence electrons. The number of aromatic nitrogens is 1. The van der Waals surface area contributed by atoms with Gasteiger partial charge in [-0.15, -0.1) is 11.8 Å². The number of pyridine rings is 1. The first kappa shape index (κ1) is 19.6. The van der Waals surface area contributed by atoms with Crippen molar-refractivity contribution in [3.05, 3.63) is 57.8 Å². The molecule has 2 heterocycles. The second kappa shape index (κ2) is 8.26. The van der Waals surface area contributed by atoms with Crippen molar-refractivity contribution in [2.24, 2.45) is 0 Å². The number of benzene rings is 1. The molecule has 1 aromatic heterocycles. The van der Waals surface area contributed by atoms with Gasteiger partial charge in [-0.05, 0) is 74.9 Å². The molecular weight excluding hydrogens is 356 g/mol. The highest BCUT2D eigenvalue weighted by atomic mass is 32.2. The summed E-state index contributed by atoms with van der Waals surface area (Å²) in [5, 5.41) is 0.886. The number of carbonyl (C=O) groups excluding carboxylic acids is 2. The Morgan fingerprint density at radius 2 is 1.81 bits per heavy atom. The monoisotopic (exact) mass is 382 g/mol. The van der Waals surface area contributed by atoms with Crippen molar-refractivity contribution in [1.29, 1.82) is 0 Å². The van der Waals surface area contributed by atoms with Crippen LogP contribution >= 0.6 is 11.8 Å². The number of hydrogen-bond donors (Lipinski definition) is 0. The standard InChI is InChI=1S/C22H26N2O2S/c1-14-11-15(2)21(17(4)25)16(3)19(14)13-27-20-8-7-18(12-23-20)22(26)24-9-5-6-10-24/h7-8,11-12H,5-6,9-10,13H2,1-4H3. The summed E-state index contributed by atoms with van der Waals surface area (Å²) in [5.74, 6) is 0.942. The number of nitrogens with zero attached hydrogens (tertiary/aromatic N) is 2. The summed E-state index contributed by atoms with van der Waals surface area (Å²) in [7, 11) is 0. The number of ketones is 1. The fourth-order valence-electron chi connectivity index (χ4n) is 3.83. The molecule has 0 saturated carbocycles. The SMILES string of the molecule is CC(=O)c1c(C)cc(C)c(CSc2ccc(C(=O)N3CCCC3)cn2)c1C. The van der Waals surface area contributed by atoms with Crippen molar-refractivity contribution in [2.75, 3.05) is 13.1 Å². The molecule has 27 heavy (non-hydrogen) atoms. The molecule has 0 atom stereocenters. The molecule has 0 spiro atoms. The maximum Gasteiger partial charge on any atom is 0.255 e. The van der Waals surface area contributed by atoms with Gasteiger partial charge in [0.2, 0.25) is 0 Å². The first-order valence-electron chi connectivity index (χ1n) is 9.37. The number of aryl methyl sites for hydroxylation is 2. The van der Waals surface area contributed by atoms with Crippen LogP contribution in [0.3, 0.4) is 0 Å². The molecule has 1 aliphatic heterocycles. The maximum atomic E-state index is 12.4. The Morgan fingerprint density at radius 3 is 2.41 bits per heavy atom. The molecule has 0 bridgehead atoms. The van der Waals surface area contributed by atoms with Crippen molar-refractivity contribution >= 4 is 23.5 Å². The van der Waals surface area contributed by atoms with Crippen LogP contribution in [0.15, 0.2) is 29.4 Å². The fraction of sp³-hybridized carbons (Fsp3) is 0.409. The zero-order valence-corrected chi connectivity index (χ0v) is 17.3. The van der Waals surface area contributed by atoms with Crippen LogP contribution < -0.4 is 0 Å². The van der Waals surface area contributed by atoms with Crippen molar-refractivity contribution in [3.8, 4) is 0 Å². The number of likely N-dealkylation sites (tertiary alicyclic amines) is 1. The molecule has 5 heteroatoms. The zero-order valence-electron chi connectivity index (χ0n) is 16.5. The minimum Gasteiger partial charge on any atom is -0.339 e. The maximum absolute atomic E-state index is 12.4. The van der Waals surface area contributed by atoms with Gasteiger partial charge < -0.3 is 4.90 Å². The van der Waals surface area contributed by atoms with Gasteiger partial charge in [0.15, 0.2) is 5.78 Å². The van der Waals surface area contributed by atoms with Crippen LogP contribution in [0.25, 0.3) is 0 Å². The van der Waals surface area contributed by atoms with E-state index < -0.39 is 0 Å². The third kappa shape index (κ3) is 4.24. The van der Waals surface area contributed by atoms with E-state index in [2.05, 4.69) is 18.0 Å². The highest BCUT2D eigenvalue weighted by Gasteiger charge is 2.20. The van der Waals surface area contributed by atoms with Crippen LogP contribution in [-0.2, 0) is 5.75 Å². The van der Waals surface area contributed by atoms with E-state index in [4.69, 9.17) is 0 Å². The molecular formula is C22H26N2O2S. The van der Waals surface area contributed by atoms with Crippen LogP contribution in [0.1, 0.15) is 62.7 Å². The molecule has 2 aromatic rings. The number of amides is 1. The summed E-state index contributed by atoms with van der Waals surface area (Å²) in [4.78, 5) is 30.8. The van der Waals surface area contributed by atoms with Gasteiger partial charge in [0.05, 0.1) is 10.6 Å². The lowest BCUT2D eigenvalue weighted by molar-refractivity contribution is 0.0792. The van der Waals surface area contributed by atoms with Crippen molar-refractivity contribution < 1.29 is 9.59 Å². The smallest absolute Gasteiger partial charge is 0.255 e. The molecule has 1 aliphatic rings. The Morgan fingerprint density at radius 1 is 1.11 bits per heavy atom. The zero-order chi connectivity index (χ0) is 19.6. The number of carbonyl (C=O) groups is 2. The quantitative estimate of drug-likeness (QED) is 0.554. The van der Waals surface area contributed by atoms with Crippen LogP contribution in [0, 0.1) is 20.8 Å². The van der Waals surface area contributed by atoms with Crippen LogP contribution in [0.4, 0.5) is 0 Å². The molecule has 1 aromatic carbocycles. The first-order valence-corrected chi connectivity index (χ1v) is 10.4. The molecule has 0 radical (unpaired) electrons. The minimum absolute atomic E-state index is 0.0767. The third-order valence-electron chi connectivity index (χ3n) is 5.22. The molecule has 0 N–H and O–H groups in total. The summed E-state index contributed by atoms with van der Waals surface area (Å²) in [6.07, 6.45) is 3.86. The largest absolute Gasteiger partial charge is 0.339 e. The van der Waals surface area contributed by atoms with Gasteiger partial charge >= 0.3 is 0 Å². The van der Waals surface area contributed by atoms with Gasteiger partial charge in [-0.25, -0.2) is 4.98 Å². The normalized spacial score (nSPS) is 13.9. The Hall–Kier alpha value is -2.14. The summed E-state index contributed by atoms with van der Waals surface area (Å²) in [6, 6.07) is 5.87. The lowest BCUT2D eigenvalue weighted by Gasteiger charge is -2.16. The van der Waals surface area contributed by atoms with Crippen LogP contribution in [0.2, 0.25) is 0 Å². The van der Waals surface area contributed by atoms with Gasteiger partial charge in [-0.3, -0.25) is 9.59 Å². The average molecular weight is 383 g/mol. The lowest BCUT2D eigenvalue weighted by atomic mass is 9.92. The van der Waals surface area contributed by atoms with E-state index >= 15 is 0 Å². The van der Waals surface area contributed by atoms with Gasteiger partial charge in [0.25, 0.3) is 5.91 Å². The summed E-state index contributed by atoms with van der Waals surface area (Å²) in [6.45, 7) is 9.42. The van der Waals surface area contributed by atoms with E-state index in [1.807, 2.05) is 30.9 Å². The molecule has 1 saturated heterocycles. The Bertz CT molecular complexity index is 869. The van der Waals surface area contributed by atoms with E-state index in [1.165, 1.54) is 11.1 Å². The van der Waals surface area contributed by atoms with Gasteiger partial charge in [0, 0.05) is 30.6 Å². The van der Waals surface area contributed by atoms with E-state index in [9.17, 15) is 9.59 Å². The number of hydrogen-bond acceptors (Lipinski definition) is 4. The molecule has 1 amide bonds. The van der Waals surface area contributed by atoms with E-state index in [0.29, 0.717) is 5.56 Å². The van der Waals surface area contributed by atoms with Crippen LogP contribution in [-0.4, -0.2) is 34.7 Å². The average Bonchev–Trinajstić information content (AvgIpc) is 3.15. The fourth-order valence-corrected chi connectivity index (χ4v) is 4.86. The number of Topliss-reactive ketones (excluding diaryl/α,β-unsaturated/α-hetero) is 1.